The summed E-state index contributed by atoms with van der Waals surface area (Å²) in [5.41, 5.74) is 7.13. The van der Waals surface area contributed by atoms with Gasteiger partial charge in [0.05, 0.1) is 36.0 Å². The van der Waals surface area contributed by atoms with Crippen LogP contribution in [0, 0.1) is 5.41 Å². The van der Waals surface area contributed by atoms with Crippen molar-refractivity contribution < 1.29 is 14.3 Å². The van der Waals surface area contributed by atoms with Gasteiger partial charge >= 0.3 is 5.97 Å². The highest BCUT2D eigenvalue weighted by Crippen LogP contribution is 2.41. The van der Waals surface area contributed by atoms with Crippen molar-refractivity contribution in [2.45, 2.75) is 79.0 Å². The number of rotatable bonds is 9. The summed E-state index contributed by atoms with van der Waals surface area (Å²) in [6.07, 6.45) is 6.47. The number of anilines is 1. The van der Waals surface area contributed by atoms with Gasteiger partial charge in [-0.05, 0) is 57.4 Å². The molecule has 0 N–H and O–H groups in total. The summed E-state index contributed by atoms with van der Waals surface area (Å²) in [4.78, 5) is 22.0. The van der Waals surface area contributed by atoms with Gasteiger partial charge in [-0.25, -0.2) is 0 Å². The molecule has 5 rings (SSSR count). The van der Waals surface area contributed by atoms with E-state index in [9.17, 15) is 4.79 Å². The van der Waals surface area contributed by atoms with Crippen LogP contribution in [0.2, 0.25) is 0 Å². The number of benzene rings is 1. The quantitative estimate of drug-likeness (QED) is 0.272. The molecule has 0 saturated carbocycles. The van der Waals surface area contributed by atoms with E-state index in [1.54, 1.807) is 7.11 Å². The monoisotopic (exact) mass is 556 g/mol. The van der Waals surface area contributed by atoms with Crippen LogP contribution < -0.4 is 10.4 Å². The van der Waals surface area contributed by atoms with Crippen LogP contribution in [0.1, 0.15) is 71.2 Å². The number of aryl methyl sites for hydroxylation is 1. The zero-order valence-corrected chi connectivity index (χ0v) is 25.7. The molecule has 0 bridgehead atoms. The number of hydrogen-bond donors (Lipinski definition) is 0. The zero-order chi connectivity index (χ0) is 29.3. The number of methoxy groups -OCH3 is 1. The molecule has 4 heterocycles. The highest BCUT2D eigenvalue weighted by Gasteiger charge is 2.32. The van der Waals surface area contributed by atoms with Gasteiger partial charge in [-0.2, -0.15) is 0 Å². The van der Waals surface area contributed by atoms with E-state index >= 15 is 0 Å². The number of carbonyl (C=O) groups is 1. The van der Waals surface area contributed by atoms with Gasteiger partial charge in [0.15, 0.2) is 0 Å². The first kappa shape index (κ1) is 29.7. The lowest BCUT2D eigenvalue weighted by atomic mass is 9.83. The third kappa shape index (κ3) is 6.19. The SMILES string of the molecule is [B]c1ccc2c(c1)c(CC(C)(C)COC(C)=O)c(-c1cc(N3CCN4CCCC[C@@H]4C3)cnc1[C@H](C)OC)n2CC. The van der Waals surface area contributed by atoms with Crippen LogP contribution in [0.4, 0.5) is 5.69 Å². The van der Waals surface area contributed by atoms with Gasteiger partial charge < -0.3 is 18.9 Å². The highest BCUT2D eigenvalue weighted by molar-refractivity contribution is 6.33. The number of nitrogens with zero attached hydrogens (tertiary/aromatic N) is 4. The second-order valence-corrected chi connectivity index (χ2v) is 12.6. The largest absolute Gasteiger partial charge is 0.465 e. The second kappa shape index (κ2) is 12.2. The minimum absolute atomic E-state index is 0.176. The van der Waals surface area contributed by atoms with Crippen LogP contribution in [-0.2, 0) is 27.2 Å². The molecular formula is C33H45BN4O3. The molecule has 2 fully saturated rings. The van der Waals surface area contributed by atoms with E-state index in [0.29, 0.717) is 19.1 Å². The molecule has 3 aromatic rings. The molecule has 7 nitrogen and oxygen atoms in total. The Labute approximate surface area is 246 Å². The van der Waals surface area contributed by atoms with Crippen molar-refractivity contribution in [3.05, 3.63) is 41.7 Å². The summed E-state index contributed by atoms with van der Waals surface area (Å²) in [6, 6.07) is 9.13. The van der Waals surface area contributed by atoms with Crippen LogP contribution in [0.15, 0.2) is 30.5 Å². The lowest BCUT2D eigenvalue weighted by Gasteiger charge is -2.45. The molecule has 2 saturated heterocycles. The van der Waals surface area contributed by atoms with Gasteiger partial charge in [0.2, 0.25) is 0 Å². The number of carbonyl (C=O) groups excluding carboxylic acids is 1. The molecular weight excluding hydrogens is 511 g/mol. The Morgan fingerprint density at radius 3 is 2.73 bits per heavy atom. The van der Waals surface area contributed by atoms with Crippen LogP contribution in [0.25, 0.3) is 22.2 Å². The minimum Gasteiger partial charge on any atom is -0.465 e. The maximum atomic E-state index is 11.7. The van der Waals surface area contributed by atoms with E-state index in [2.05, 4.69) is 60.3 Å². The van der Waals surface area contributed by atoms with Crippen molar-refractivity contribution in [2.24, 2.45) is 5.41 Å². The molecule has 8 heteroatoms. The van der Waals surface area contributed by atoms with Crippen molar-refractivity contribution in [1.29, 1.82) is 0 Å². The standard InChI is InChI=1S/C33H45BN4O3/c1-7-38-30-12-11-24(34)16-27(30)29(18-33(4,5)21-41-23(3)39)32(38)28-17-26(19-35-31(28)22(2)40-6)37-15-14-36-13-9-8-10-25(36)20-37/h11-12,16-17,19,22,25H,7-10,13-15,18,20-21H2,1-6H3/t22-,25+/m0/s1. The molecule has 0 spiro atoms. The fourth-order valence-electron chi connectivity index (χ4n) is 6.74. The molecule has 2 radical (unpaired) electrons. The first-order valence-corrected chi connectivity index (χ1v) is 15.2. The molecule has 41 heavy (non-hydrogen) atoms. The number of piperidine rings is 1. The Morgan fingerprint density at radius 2 is 2.00 bits per heavy atom. The van der Waals surface area contributed by atoms with Crippen molar-refractivity contribution >= 4 is 35.9 Å². The summed E-state index contributed by atoms with van der Waals surface area (Å²) in [5, 5.41) is 1.13. The number of pyridine rings is 1. The lowest BCUT2D eigenvalue weighted by molar-refractivity contribution is -0.143. The van der Waals surface area contributed by atoms with E-state index in [1.165, 1.54) is 38.3 Å². The Bertz CT molecular complexity index is 1400. The maximum Gasteiger partial charge on any atom is 0.302 e. The Balaban J connectivity index is 1.67. The van der Waals surface area contributed by atoms with Gasteiger partial charge in [-0.1, -0.05) is 37.9 Å². The van der Waals surface area contributed by atoms with Crippen molar-refractivity contribution in [1.82, 2.24) is 14.5 Å². The molecule has 2 atom stereocenters. The van der Waals surface area contributed by atoms with E-state index in [4.69, 9.17) is 22.3 Å². The molecule has 0 amide bonds. The molecule has 2 aliphatic rings. The molecule has 0 unspecified atom stereocenters. The van der Waals surface area contributed by atoms with Crippen LogP contribution in [-0.4, -0.2) is 74.2 Å². The topological polar surface area (TPSA) is 59.8 Å². The fraction of sp³-hybridized carbons (Fsp3) is 0.576. The van der Waals surface area contributed by atoms with Gasteiger partial charge in [-0.15, -0.1) is 0 Å². The summed E-state index contributed by atoms with van der Waals surface area (Å²) < 4.78 is 13.7. The Kier molecular flexibility index (Phi) is 8.81. The fourth-order valence-corrected chi connectivity index (χ4v) is 6.74. The van der Waals surface area contributed by atoms with Gasteiger partial charge in [-0.3, -0.25) is 14.7 Å². The predicted molar refractivity (Wildman–Crippen MR) is 167 cm³/mol. The van der Waals surface area contributed by atoms with Crippen molar-refractivity contribution in [3.63, 3.8) is 0 Å². The van der Waals surface area contributed by atoms with E-state index in [1.807, 2.05) is 12.3 Å². The Morgan fingerprint density at radius 1 is 1.20 bits per heavy atom. The molecule has 0 aliphatic carbocycles. The number of aromatic nitrogens is 2. The molecule has 2 aromatic heterocycles. The number of ether oxygens (including phenoxy) is 2. The maximum absolute atomic E-state index is 11.7. The average Bonchev–Trinajstić information content (AvgIpc) is 3.26. The summed E-state index contributed by atoms with van der Waals surface area (Å²) in [6.45, 7) is 15.5. The van der Waals surface area contributed by atoms with Crippen molar-refractivity contribution in [2.75, 3.05) is 44.8 Å². The number of esters is 1. The summed E-state index contributed by atoms with van der Waals surface area (Å²) in [5.74, 6) is -0.260. The normalized spacial score (nSPS) is 18.9. The molecule has 1 aromatic carbocycles. The van der Waals surface area contributed by atoms with E-state index in [-0.39, 0.29) is 17.5 Å². The number of piperazine rings is 1. The van der Waals surface area contributed by atoms with Gasteiger partial charge in [0, 0.05) is 68.1 Å². The molecule has 218 valence electrons. The van der Waals surface area contributed by atoms with Gasteiger partial charge in [0.25, 0.3) is 0 Å². The van der Waals surface area contributed by atoms with Crippen LogP contribution in [0.3, 0.4) is 0 Å². The lowest BCUT2D eigenvalue weighted by Crippen LogP contribution is -2.54. The minimum atomic E-state index is -0.284. The van der Waals surface area contributed by atoms with E-state index in [0.717, 1.165) is 65.2 Å². The number of fused-ring (bicyclic) bond motifs is 2. The predicted octanol–water partition coefficient (Wildman–Crippen LogP) is 5.03. The van der Waals surface area contributed by atoms with Crippen LogP contribution >= 0.6 is 0 Å². The summed E-state index contributed by atoms with van der Waals surface area (Å²) in [7, 11) is 8.09. The molecule has 2 aliphatic heterocycles. The first-order valence-electron chi connectivity index (χ1n) is 15.2. The highest BCUT2D eigenvalue weighted by atomic mass is 16.5. The van der Waals surface area contributed by atoms with Gasteiger partial charge in [0.1, 0.15) is 7.85 Å². The third-order valence-corrected chi connectivity index (χ3v) is 8.93. The van der Waals surface area contributed by atoms with Crippen LogP contribution in [0.5, 0.6) is 0 Å². The second-order valence-electron chi connectivity index (χ2n) is 12.6. The Hall–Kier alpha value is -2.84. The number of hydrogen-bond acceptors (Lipinski definition) is 6. The van der Waals surface area contributed by atoms with Crippen molar-refractivity contribution in [3.8, 4) is 11.3 Å². The summed E-state index contributed by atoms with van der Waals surface area (Å²) >= 11 is 0. The average molecular weight is 557 g/mol. The van der Waals surface area contributed by atoms with E-state index < -0.39 is 0 Å². The zero-order valence-electron chi connectivity index (χ0n) is 25.7. The smallest absolute Gasteiger partial charge is 0.302 e. The first-order chi connectivity index (χ1) is 19.6. The third-order valence-electron chi connectivity index (χ3n) is 8.93.